The summed E-state index contributed by atoms with van der Waals surface area (Å²) in [6.07, 6.45) is 0. The monoisotopic (exact) mass is 280 g/mol. The molecule has 96 valence electrons. The van der Waals surface area contributed by atoms with Crippen molar-refractivity contribution in [3.63, 3.8) is 0 Å². The van der Waals surface area contributed by atoms with E-state index in [0.29, 0.717) is 11.2 Å². The number of hydrogen-bond acceptors (Lipinski definition) is 6. The van der Waals surface area contributed by atoms with Crippen LogP contribution in [0.3, 0.4) is 0 Å². The number of anilines is 2. The van der Waals surface area contributed by atoms with Gasteiger partial charge in [-0.15, -0.1) is 11.3 Å². The van der Waals surface area contributed by atoms with Gasteiger partial charge < -0.3 is 10.6 Å². The van der Waals surface area contributed by atoms with Crippen molar-refractivity contribution in [1.29, 1.82) is 0 Å². The summed E-state index contributed by atoms with van der Waals surface area (Å²) in [7, 11) is 0. The lowest BCUT2D eigenvalue weighted by atomic mass is 10.3. The number of fused-ring (bicyclic) bond motifs is 1. The topological polar surface area (TPSA) is 55.0 Å². The molecule has 2 N–H and O–H groups in total. The van der Waals surface area contributed by atoms with E-state index in [-0.39, 0.29) is 0 Å². The summed E-state index contributed by atoms with van der Waals surface area (Å²) in [6, 6.07) is 2.17. The molecule has 1 atom stereocenters. The van der Waals surface area contributed by atoms with Crippen LogP contribution in [-0.4, -0.2) is 34.1 Å². The fourth-order valence-corrected chi connectivity index (χ4v) is 4.19. The predicted octanol–water partition coefficient (Wildman–Crippen LogP) is 2.52. The molecule has 1 aliphatic rings. The first kappa shape index (κ1) is 12.0. The Bertz CT molecular complexity index is 581. The van der Waals surface area contributed by atoms with Crippen molar-refractivity contribution >= 4 is 45.1 Å². The number of nitrogen functional groups attached to an aromatic ring is 1. The molecule has 2 aromatic rings. The number of hydrogen-bond donors (Lipinski definition) is 1. The lowest BCUT2D eigenvalue weighted by Gasteiger charge is -2.31. The molecule has 0 radical (unpaired) electrons. The highest BCUT2D eigenvalue weighted by atomic mass is 32.2. The van der Waals surface area contributed by atoms with Gasteiger partial charge in [0.1, 0.15) is 10.6 Å². The molecule has 1 fully saturated rings. The molecule has 3 heterocycles. The number of aryl methyl sites for hydroxylation is 1. The van der Waals surface area contributed by atoms with E-state index in [1.807, 2.05) is 11.8 Å². The zero-order valence-corrected chi connectivity index (χ0v) is 12.1. The third-order valence-corrected chi connectivity index (χ3v) is 5.13. The van der Waals surface area contributed by atoms with Crippen LogP contribution in [0.1, 0.15) is 11.8 Å². The van der Waals surface area contributed by atoms with E-state index >= 15 is 0 Å². The van der Waals surface area contributed by atoms with Crippen molar-refractivity contribution in [2.24, 2.45) is 0 Å². The number of nitrogens with two attached hydrogens (primary N) is 1. The largest absolute Gasteiger partial charge is 0.368 e. The second-order valence-corrected chi connectivity index (χ2v) is 7.39. The van der Waals surface area contributed by atoms with Crippen molar-refractivity contribution < 1.29 is 0 Å². The predicted molar refractivity (Wildman–Crippen MR) is 80.7 cm³/mol. The quantitative estimate of drug-likeness (QED) is 0.870. The maximum Gasteiger partial charge on any atom is 0.223 e. The van der Waals surface area contributed by atoms with Crippen molar-refractivity contribution in [3.05, 3.63) is 10.9 Å². The molecule has 2 aromatic heterocycles. The third-order valence-electron chi connectivity index (χ3n) is 3.05. The Morgan fingerprint density at radius 3 is 3.06 bits per heavy atom. The lowest BCUT2D eigenvalue weighted by Crippen LogP contribution is -2.37. The van der Waals surface area contributed by atoms with E-state index in [0.717, 1.165) is 34.9 Å². The Morgan fingerprint density at radius 1 is 1.44 bits per heavy atom. The van der Waals surface area contributed by atoms with Gasteiger partial charge in [-0.3, -0.25) is 0 Å². The summed E-state index contributed by atoms with van der Waals surface area (Å²) in [4.78, 5) is 13.4. The first-order chi connectivity index (χ1) is 8.63. The van der Waals surface area contributed by atoms with Gasteiger partial charge in [0.05, 0.1) is 5.39 Å². The highest BCUT2D eigenvalue weighted by Crippen LogP contribution is 2.33. The van der Waals surface area contributed by atoms with Crippen LogP contribution in [0.15, 0.2) is 6.07 Å². The van der Waals surface area contributed by atoms with Crippen LogP contribution in [0, 0.1) is 6.92 Å². The van der Waals surface area contributed by atoms with E-state index in [2.05, 4.69) is 34.8 Å². The first-order valence-corrected chi connectivity index (χ1v) is 7.90. The minimum absolute atomic E-state index is 0.380. The van der Waals surface area contributed by atoms with Gasteiger partial charge in [0.25, 0.3) is 0 Å². The van der Waals surface area contributed by atoms with Crippen molar-refractivity contribution in [2.45, 2.75) is 19.1 Å². The number of aromatic nitrogens is 2. The van der Waals surface area contributed by atoms with Gasteiger partial charge >= 0.3 is 0 Å². The fraction of sp³-hybridized carbons (Fsp3) is 0.500. The Hall–Kier alpha value is -1.01. The maximum atomic E-state index is 5.83. The summed E-state index contributed by atoms with van der Waals surface area (Å²) in [5.74, 6) is 2.54. The molecule has 18 heavy (non-hydrogen) atoms. The van der Waals surface area contributed by atoms with Gasteiger partial charge in [-0.25, -0.2) is 4.98 Å². The van der Waals surface area contributed by atoms with E-state index < -0.39 is 0 Å². The minimum Gasteiger partial charge on any atom is -0.368 e. The minimum atomic E-state index is 0.380. The molecular weight excluding hydrogens is 264 g/mol. The van der Waals surface area contributed by atoms with Gasteiger partial charge in [-0.1, -0.05) is 6.92 Å². The summed E-state index contributed by atoms with van der Waals surface area (Å²) >= 11 is 3.70. The average Bonchev–Trinajstić information content (AvgIpc) is 2.68. The Balaban J connectivity index is 2.09. The highest BCUT2D eigenvalue weighted by molar-refractivity contribution is 8.00. The smallest absolute Gasteiger partial charge is 0.223 e. The highest BCUT2D eigenvalue weighted by Gasteiger charge is 2.21. The first-order valence-electron chi connectivity index (χ1n) is 6.03. The second kappa shape index (κ2) is 4.59. The van der Waals surface area contributed by atoms with Crippen LogP contribution in [0.2, 0.25) is 0 Å². The molecule has 0 aromatic carbocycles. The average molecular weight is 280 g/mol. The Kier molecular flexibility index (Phi) is 3.07. The van der Waals surface area contributed by atoms with Crippen LogP contribution in [0.25, 0.3) is 10.2 Å². The van der Waals surface area contributed by atoms with E-state index in [9.17, 15) is 0 Å². The molecule has 4 nitrogen and oxygen atoms in total. The summed E-state index contributed by atoms with van der Waals surface area (Å²) < 4.78 is 0. The van der Waals surface area contributed by atoms with E-state index in [1.165, 1.54) is 4.88 Å². The van der Waals surface area contributed by atoms with E-state index in [4.69, 9.17) is 5.73 Å². The Morgan fingerprint density at radius 2 is 2.28 bits per heavy atom. The lowest BCUT2D eigenvalue weighted by molar-refractivity contribution is 0.773. The zero-order valence-electron chi connectivity index (χ0n) is 10.5. The molecule has 1 unspecified atom stereocenters. The molecule has 0 bridgehead atoms. The summed E-state index contributed by atoms with van der Waals surface area (Å²) in [5.41, 5.74) is 5.83. The second-order valence-electron chi connectivity index (χ2n) is 4.61. The molecule has 0 amide bonds. The number of rotatable bonds is 1. The van der Waals surface area contributed by atoms with Crippen LogP contribution >= 0.6 is 23.1 Å². The molecule has 0 spiro atoms. The molecule has 1 saturated heterocycles. The molecule has 6 heteroatoms. The molecule has 3 rings (SSSR count). The summed E-state index contributed by atoms with van der Waals surface area (Å²) in [6.45, 7) is 6.43. The molecule has 1 aliphatic heterocycles. The van der Waals surface area contributed by atoms with Crippen LogP contribution < -0.4 is 10.6 Å². The fourth-order valence-electron chi connectivity index (χ4n) is 2.29. The van der Waals surface area contributed by atoms with Gasteiger partial charge in [0.2, 0.25) is 5.95 Å². The van der Waals surface area contributed by atoms with Gasteiger partial charge in [0.15, 0.2) is 0 Å². The summed E-state index contributed by atoms with van der Waals surface area (Å²) in [5, 5.41) is 1.79. The number of nitrogens with zero attached hydrogens (tertiary/aromatic N) is 3. The maximum absolute atomic E-state index is 5.83. The standard InChI is InChI=1S/C12H16N4S2/c1-7-5-9-10(14-12(13)15-11(9)18-7)16-3-4-17-8(2)6-16/h5,8H,3-4,6H2,1-2H3,(H2,13,14,15). The van der Waals surface area contributed by atoms with Gasteiger partial charge in [-0.2, -0.15) is 16.7 Å². The van der Waals surface area contributed by atoms with Gasteiger partial charge in [0, 0.05) is 29.0 Å². The number of thioether (sulfide) groups is 1. The van der Waals surface area contributed by atoms with Crippen LogP contribution in [-0.2, 0) is 0 Å². The van der Waals surface area contributed by atoms with Gasteiger partial charge in [-0.05, 0) is 13.0 Å². The zero-order chi connectivity index (χ0) is 12.7. The SMILES string of the molecule is Cc1cc2c(N3CCSC(C)C3)nc(N)nc2s1. The molecule has 0 saturated carbocycles. The third kappa shape index (κ3) is 2.14. The normalized spacial score (nSPS) is 20.6. The number of thiophene rings is 1. The van der Waals surface area contributed by atoms with Crippen molar-refractivity contribution in [1.82, 2.24) is 9.97 Å². The van der Waals surface area contributed by atoms with Crippen LogP contribution in [0.5, 0.6) is 0 Å². The Labute approximate surface area is 115 Å². The van der Waals surface area contributed by atoms with Crippen LogP contribution in [0.4, 0.5) is 11.8 Å². The van der Waals surface area contributed by atoms with E-state index in [1.54, 1.807) is 11.3 Å². The molecular formula is C12H16N4S2. The van der Waals surface area contributed by atoms with Crippen molar-refractivity contribution in [2.75, 3.05) is 29.5 Å². The molecule has 0 aliphatic carbocycles. The van der Waals surface area contributed by atoms with Crippen molar-refractivity contribution in [3.8, 4) is 0 Å².